The molecule has 1 atom stereocenters. The summed E-state index contributed by atoms with van der Waals surface area (Å²) in [6.07, 6.45) is 0.771. The Kier molecular flexibility index (Phi) is 7.03. The monoisotopic (exact) mass is 414 g/mol. The first-order chi connectivity index (χ1) is 12.5. The van der Waals surface area contributed by atoms with Gasteiger partial charge in [-0.05, 0) is 57.7 Å². The second kappa shape index (κ2) is 8.70. The summed E-state index contributed by atoms with van der Waals surface area (Å²) in [4.78, 5) is 29.4. The van der Waals surface area contributed by atoms with Gasteiger partial charge in [0.25, 0.3) is 0 Å². The van der Waals surface area contributed by atoms with Crippen LogP contribution in [-0.4, -0.2) is 41.6 Å². The Bertz CT molecular complexity index is 701. The van der Waals surface area contributed by atoms with E-state index < -0.39 is 17.7 Å². The largest absolute Gasteiger partial charge is 0.444 e. The molecule has 1 unspecified atom stereocenters. The molecule has 0 spiro atoms. The lowest BCUT2D eigenvalue weighted by atomic mass is 10.0. The molecule has 1 aliphatic heterocycles. The van der Waals surface area contributed by atoms with Crippen molar-refractivity contribution in [1.82, 2.24) is 4.90 Å². The lowest BCUT2D eigenvalue weighted by Crippen LogP contribution is -2.50. The van der Waals surface area contributed by atoms with Crippen molar-refractivity contribution in [2.45, 2.75) is 59.1 Å². The molecule has 0 aromatic heterocycles. The number of carbonyl (C=O) groups is 2. The third kappa shape index (κ3) is 5.76. The van der Waals surface area contributed by atoms with E-state index in [1.807, 2.05) is 34.6 Å². The van der Waals surface area contributed by atoms with Gasteiger partial charge in [0.15, 0.2) is 0 Å². The predicted octanol–water partition coefficient (Wildman–Crippen LogP) is 5.38. The zero-order valence-corrected chi connectivity index (χ0v) is 18.1. The summed E-state index contributed by atoms with van der Waals surface area (Å²) in [5.41, 5.74) is 0.0762. The Morgan fingerprint density at radius 1 is 1.22 bits per heavy atom. The molecule has 1 fully saturated rings. The topological polar surface area (TPSA) is 49.9 Å². The molecule has 150 valence electrons. The maximum absolute atomic E-state index is 13.4. The van der Waals surface area contributed by atoms with Gasteiger partial charge in [-0.1, -0.05) is 37.0 Å². The van der Waals surface area contributed by atoms with Crippen LogP contribution in [0.15, 0.2) is 18.2 Å². The maximum Gasteiger partial charge on any atom is 0.410 e. The summed E-state index contributed by atoms with van der Waals surface area (Å²) < 4.78 is 5.55. The van der Waals surface area contributed by atoms with Crippen molar-refractivity contribution in [2.75, 3.05) is 18.0 Å². The summed E-state index contributed by atoms with van der Waals surface area (Å²) in [5, 5.41) is 0.840. The second-order valence-corrected chi connectivity index (χ2v) is 9.08. The van der Waals surface area contributed by atoms with E-state index in [4.69, 9.17) is 27.9 Å². The number of halogens is 2. The quantitative estimate of drug-likeness (QED) is 0.666. The smallest absolute Gasteiger partial charge is 0.410 e. The number of carbonyl (C=O) groups excluding carboxylic acids is 2. The Balaban J connectivity index is 2.34. The molecule has 0 bridgehead atoms. The Hall–Kier alpha value is -1.46. The fourth-order valence-electron chi connectivity index (χ4n) is 3.10. The first-order valence-electron chi connectivity index (χ1n) is 9.25. The summed E-state index contributed by atoms with van der Waals surface area (Å²) in [7, 11) is 0. The fourth-order valence-corrected chi connectivity index (χ4v) is 3.39. The molecule has 1 saturated heterocycles. The van der Waals surface area contributed by atoms with Crippen LogP contribution < -0.4 is 4.90 Å². The molecule has 5 nitrogen and oxygen atoms in total. The van der Waals surface area contributed by atoms with Gasteiger partial charge in [0.05, 0.1) is 10.0 Å². The number of rotatable bonds is 3. The second-order valence-electron chi connectivity index (χ2n) is 8.26. The normalized spacial score (nSPS) is 18.7. The summed E-state index contributed by atoms with van der Waals surface area (Å²) in [6, 6.07) is 4.58. The lowest BCUT2D eigenvalue weighted by Gasteiger charge is -2.33. The van der Waals surface area contributed by atoms with Crippen LogP contribution in [0.25, 0.3) is 0 Å². The lowest BCUT2D eigenvalue weighted by molar-refractivity contribution is -0.123. The van der Waals surface area contributed by atoms with Crippen molar-refractivity contribution in [2.24, 2.45) is 5.92 Å². The van der Waals surface area contributed by atoms with Gasteiger partial charge in [0.2, 0.25) is 5.91 Å². The molecule has 0 radical (unpaired) electrons. The van der Waals surface area contributed by atoms with E-state index in [1.54, 1.807) is 28.0 Å². The van der Waals surface area contributed by atoms with E-state index in [0.29, 0.717) is 41.7 Å². The number of amides is 2. The van der Waals surface area contributed by atoms with E-state index in [9.17, 15) is 9.59 Å². The highest BCUT2D eigenvalue weighted by molar-refractivity contribution is 6.42. The zero-order valence-electron chi connectivity index (χ0n) is 16.6. The molecule has 2 amide bonds. The number of hydrogen-bond acceptors (Lipinski definition) is 3. The van der Waals surface area contributed by atoms with Crippen molar-refractivity contribution >= 4 is 40.9 Å². The number of ether oxygens (including phenoxy) is 1. The minimum Gasteiger partial charge on any atom is -0.444 e. The summed E-state index contributed by atoms with van der Waals surface area (Å²) in [5.74, 6) is 0.128. The Morgan fingerprint density at radius 3 is 2.44 bits per heavy atom. The van der Waals surface area contributed by atoms with Gasteiger partial charge in [-0.2, -0.15) is 0 Å². The van der Waals surface area contributed by atoms with Crippen LogP contribution >= 0.6 is 23.2 Å². The van der Waals surface area contributed by atoms with Crippen LogP contribution in [0.5, 0.6) is 0 Å². The predicted molar refractivity (Wildman–Crippen MR) is 110 cm³/mol. The first kappa shape index (κ1) is 21.8. The van der Waals surface area contributed by atoms with Crippen molar-refractivity contribution in [1.29, 1.82) is 0 Å². The summed E-state index contributed by atoms with van der Waals surface area (Å²) in [6.45, 7) is 10.5. The highest BCUT2D eigenvalue weighted by atomic mass is 35.5. The average Bonchev–Trinajstić information content (AvgIpc) is 2.68. The van der Waals surface area contributed by atoms with Crippen LogP contribution in [-0.2, 0) is 9.53 Å². The maximum atomic E-state index is 13.4. The van der Waals surface area contributed by atoms with E-state index in [1.165, 1.54) is 0 Å². The van der Waals surface area contributed by atoms with Crippen molar-refractivity contribution < 1.29 is 14.3 Å². The molecule has 1 aliphatic rings. The molecular formula is C20H28Cl2N2O3. The molecule has 7 heteroatoms. The van der Waals surface area contributed by atoms with Gasteiger partial charge in [-0.3, -0.25) is 9.69 Å². The fraction of sp³-hybridized carbons (Fsp3) is 0.600. The highest BCUT2D eigenvalue weighted by Crippen LogP contribution is 2.30. The van der Waals surface area contributed by atoms with Crippen LogP contribution in [0, 0.1) is 5.92 Å². The zero-order chi connectivity index (χ0) is 20.4. The minimum atomic E-state index is -0.613. The number of anilines is 1. The van der Waals surface area contributed by atoms with Gasteiger partial charge in [-0.25, -0.2) is 4.79 Å². The van der Waals surface area contributed by atoms with E-state index in [2.05, 4.69) is 0 Å². The third-order valence-electron chi connectivity index (χ3n) is 4.25. The molecule has 1 aromatic carbocycles. The third-order valence-corrected chi connectivity index (χ3v) is 4.98. The molecule has 2 rings (SSSR count). The standard InChI is InChI=1S/C20H28Cl2N2O3/c1-13(2)11-17-18(25)23(14-7-8-15(21)16(22)12-14)9-6-10-24(17)19(26)27-20(3,4)5/h7-8,12-13,17H,6,9-11H2,1-5H3. The highest BCUT2D eigenvalue weighted by Gasteiger charge is 2.38. The van der Waals surface area contributed by atoms with Crippen LogP contribution in [0.1, 0.15) is 47.5 Å². The number of hydrogen-bond donors (Lipinski definition) is 0. The first-order valence-corrected chi connectivity index (χ1v) is 10.0. The SMILES string of the molecule is CC(C)CC1C(=O)N(c2ccc(Cl)c(Cl)c2)CCCN1C(=O)OC(C)(C)C. The van der Waals surface area contributed by atoms with Gasteiger partial charge in [0.1, 0.15) is 11.6 Å². The number of benzene rings is 1. The molecule has 0 N–H and O–H groups in total. The van der Waals surface area contributed by atoms with Crippen molar-refractivity contribution in [3.8, 4) is 0 Å². The van der Waals surface area contributed by atoms with Gasteiger partial charge in [0, 0.05) is 18.8 Å². The summed E-state index contributed by atoms with van der Waals surface area (Å²) >= 11 is 12.1. The van der Waals surface area contributed by atoms with Crippen LogP contribution in [0.4, 0.5) is 10.5 Å². The molecule has 1 heterocycles. The van der Waals surface area contributed by atoms with Gasteiger partial charge in [-0.15, -0.1) is 0 Å². The minimum absolute atomic E-state index is 0.120. The Morgan fingerprint density at radius 2 is 1.89 bits per heavy atom. The van der Waals surface area contributed by atoms with Crippen molar-refractivity contribution in [3.63, 3.8) is 0 Å². The Labute approximate surface area is 171 Å². The van der Waals surface area contributed by atoms with E-state index in [0.717, 1.165) is 0 Å². The molecular weight excluding hydrogens is 387 g/mol. The van der Waals surface area contributed by atoms with Gasteiger partial charge >= 0.3 is 6.09 Å². The number of nitrogens with zero attached hydrogens (tertiary/aromatic N) is 2. The molecule has 27 heavy (non-hydrogen) atoms. The average molecular weight is 415 g/mol. The van der Waals surface area contributed by atoms with Crippen LogP contribution in [0.2, 0.25) is 10.0 Å². The molecule has 1 aromatic rings. The molecule has 0 aliphatic carbocycles. The van der Waals surface area contributed by atoms with E-state index in [-0.39, 0.29) is 11.8 Å². The van der Waals surface area contributed by atoms with E-state index >= 15 is 0 Å². The van der Waals surface area contributed by atoms with Crippen molar-refractivity contribution in [3.05, 3.63) is 28.2 Å². The van der Waals surface area contributed by atoms with Gasteiger partial charge < -0.3 is 9.64 Å². The van der Waals surface area contributed by atoms with Crippen LogP contribution in [0.3, 0.4) is 0 Å². The molecule has 0 saturated carbocycles.